The molecule has 0 aromatic heterocycles. The van der Waals surface area contributed by atoms with Crippen LogP contribution in [0, 0.1) is 0 Å². The lowest BCUT2D eigenvalue weighted by atomic mass is 9.96. The third kappa shape index (κ3) is 9.73. The summed E-state index contributed by atoms with van der Waals surface area (Å²) in [6, 6.07) is 14.8. The topological polar surface area (TPSA) is 96.5 Å². The molecule has 0 fully saturated rings. The van der Waals surface area contributed by atoms with Crippen molar-refractivity contribution >= 4 is 21.4 Å². The van der Waals surface area contributed by atoms with Crippen molar-refractivity contribution in [2.45, 2.75) is 49.1 Å². The number of anilines is 1. The zero-order valence-corrected chi connectivity index (χ0v) is 24.6. The van der Waals surface area contributed by atoms with E-state index in [1.807, 2.05) is 0 Å². The van der Waals surface area contributed by atoms with Gasteiger partial charge in [0.15, 0.2) is 9.84 Å². The summed E-state index contributed by atoms with van der Waals surface area (Å²) in [6.45, 7) is 2.79. The fraction of sp³-hybridized carbons (Fsp3) is 0.367. The first-order valence-corrected chi connectivity index (χ1v) is 15.0. The molecule has 0 bridgehead atoms. The maximum absolute atomic E-state index is 14.6. The number of halogens is 4. The van der Waals surface area contributed by atoms with Gasteiger partial charge in [-0.15, -0.1) is 0 Å². The standard InChI is InChI=1S/C30H35F4N3O4S/c1-29(2,31)19-26(28(38)36-18-17-35-23-11-13-24(41-3)14-12-23)37-27(30(32,33)34)22-7-5-20(6-8-22)21-9-15-25(16-10-21)42(4,39)40/h5-16,26-27,35,37H,17-19H2,1-4H3,(H,36,38). The van der Waals surface area contributed by atoms with E-state index in [4.69, 9.17) is 4.74 Å². The molecule has 0 aliphatic carbocycles. The van der Waals surface area contributed by atoms with E-state index in [9.17, 15) is 30.8 Å². The van der Waals surface area contributed by atoms with Crippen LogP contribution in [0.2, 0.25) is 0 Å². The van der Waals surface area contributed by atoms with Crippen molar-refractivity contribution < 1.29 is 35.5 Å². The Balaban J connectivity index is 1.72. The van der Waals surface area contributed by atoms with Gasteiger partial charge < -0.3 is 15.4 Å². The second kappa shape index (κ2) is 13.6. The molecule has 3 N–H and O–H groups in total. The molecule has 42 heavy (non-hydrogen) atoms. The van der Waals surface area contributed by atoms with Crippen molar-refractivity contribution in [3.8, 4) is 16.9 Å². The maximum Gasteiger partial charge on any atom is 0.407 e. The van der Waals surface area contributed by atoms with Gasteiger partial charge in [0.1, 0.15) is 17.5 Å². The molecule has 1 amide bonds. The number of hydrogen-bond acceptors (Lipinski definition) is 6. The van der Waals surface area contributed by atoms with Gasteiger partial charge >= 0.3 is 6.18 Å². The van der Waals surface area contributed by atoms with Gasteiger partial charge in [-0.1, -0.05) is 36.4 Å². The molecule has 3 aromatic rings. The van der Waals surface area contributed by atoms with Gasteiger partial charge in [-0.05, 0) is 66.9 Å². The average Bonchev–Trinajstić information content (AvgIpc) is 2.92. The molecule has 0 aliphatic rings. The number of methoxy groups -OCH3 is 1. The molecule has 228 valence electrons. The molecule has 0 saturated heterocycles. The second-order valence-electron chi connectivity index (χ2n) is 10.5. The lowest BCUT2D eigenvalue weighted by Crippen LogP contribution is -2.51. The predicted octanol–water partition coefficient (Wildman–Crippen LogP) is 5.69. The van der Waals surface area contributed by atoms with Crippen LogP contribution < -0.4 is 20.7 Å². The van der Waals surface area contributed by atoms with Gasteiger partial charge in [-0.2, -0.15) is 13.2 Å². The van der Waals surface area contributed by atoms with E-state index in [-0.39, 0.29) is 17.0 Å². The van der Waals surface area contributed by atoms with Crippen LogP contribution in [0.3, 0.4) is 0 Å². The number of carbonyl (C=O) groups excluding carboxylic acids is 1. The number of rotatable bonds is 13. The molecule has 0 heterocycles. The lowest BCUT2D eigenvalue weighted by Gasteiger charge is -2.30. The summed E-state index contributed by atoms with van der Waals surface area (Å²) in [5.41, 5.74) is -0.131. The van der Waals surface area contributed by atoms with Gasteiger partial charge in [-0.25, -0.2) is 12.8 Å². The summed E-state index contributed by atoms with van der Waals surface area (Å²) in [5.74, 6) is -0.0807. The number of amides is 1. The zero-order chi connectivity index (χ0) is 31.1. The average molecular weight is 610 g/mol. The van der Waals surface area contributed by atoms with Crippen LogP contribution in [0.25, 0.3) is 11.1 Å². The lowest BCUT2D eigenvalue weighted by molar-refractivity contribution is -0.161. The predicted molar refractivity (Wildman–Crippen MR) is 155 cm³/mol. The normalized spacial score (nSPS) is 13.7. The molecule has 0 aliphatic heterocycles. The maximum atomic E-state index is 14.6. The van der Waals surface area contributed by atoms with Crippen LogP contribution in [-0.2, 0) is 14.6 Å². The van der Waals surface area contributed by atoms with Gasteiger partial charge in [0.05, 0.1) is 18.0 Å². The van der Waals surface area contributed by atoms with Crippen LogP contribution in [0.15, 0.2) is 77.7 Å². The monoisotopic (exact) mass is 609 g/mol. The SMILES string of the molecule is COc1ccc(NCCNC(=O)C(CC(C)(C)F)NC(c2ccc(-c3ccc(S(C)(=O)=O)cc3)cc2)C(F)(F)F)cc1. The van der Waals surface area contributed by atoms with Crippen molar-refractivity contribution in [2.24, 2.45) is 0 Å². The van der Waals surface area contributed by atoms with Crippen molar-refractivity contribution in [2.75, 3.05) is 31.8 Å². The highest BCUT2D eigenvalue weighted by atomic mass is 32.2. The largest absolute Gasteiger partial charge is 0.497 e. The first kappa shape index (κ1) is 32.9. The van der Waals surface area contributed by atoms with E-state index in [1.54, 1.807) is 43.5 Å². The number of benzene rings is 3. The Kier molecular flexibility index (Phi) is 10.6. The summed E-state index contributed by atoms with van der Waals surface area (Å²) < 4.78 is 85.8. The van der Waals surface area contributed by atoms with E-state index >= 15 is 0 Å². The quantitative estimate of drug-likeness (QED) is 0.170. The number of hydrogen-bond donors (Lipinski definition) is 3. The van der Waals surface area contributed by atoms with E-state index in [0.29, 0.717) is 23.4 Å². The number of alkyl halides is 4. The number of nitrogens with one attached hydrogen (secondary N) is 3. The first-order valence-electron chi connectivity index (χ1n) is 13.1. The van der Waals surface area contributed by atoms with E-state index in [0.717, 1.165) is 11.9 Å². The summed E-state index contributed by atoms with van der Waals surface area (Å²) in [5, 5.41) is 8.01. The van der Waals surface area contributed by atoms with Crippen LogP contribution in [0.1, 0.15) is 31.9 Å². The molecular formula is C30H35F4N3O4S. The minimum absolute atomic E-state index is 0.0965. The molecule has 3 aromatic carbocycles. The van der Waals surface area contributed by atoms with Crippen molar-refractivity contribution in [3.05, 3.63) is 78.4 Å². The van der Waals surface area contributed by atoms with Gasteiger partial charge in [0.2, 0.25) is 5.91 Å². The van der Waals surface area contributed by atoms with Gasteiger partial charge in [0.25, 0.3) is 0 Å². The zero-order valence-electron chi connectivity index (χ0n) is 23.8. The number of sulfone groups is 1. The third-order valence-electron chi connectivity index (χ3n) is 6.40. The Morgan fingerprint density at radius 3 is 1.88 bits per heavy atom. The Morgan fingerprint density at radius 1 is 0.857 bits per heavy atom. The van der Waals surface area contributed by atoms with Crippen LogP contribution in [-0.4, -0.2) is 58.7 Å². The van der Waals surface area contributed by atoms with Crippen molar-refractivity contribution in [3.63, 3.8) is 0 Å². The molecule has 0 saturated carbocycles. The van der Waals surface area contributed by atoms with E-state index in [2.05, 4.69) is 16.0 Å². The third-order valence-corrected chi connectivity index (χ3v) is 7.53. The highest BCUT2D eigenvalue weighted by Crippen LogP contribution is 2.35. The summed E-state index contributed by atoms with van der Waals surface area (Å²) in [6.07, 6.45) is -4.19. The molecule has 2 unspecified atom stereocenters. The van der Waals surface area contributed by atoms with Crippen LogP contribution in [0.4, 0.5) is 23.2 Å². The molecule has 0 radical (unpaired) electrons. The molecule has 2 atom stereocenters. The summed E-state index contributed by atoms with van der Waals surface area (Å²) in [4.78, 5) is 13.1. The Morgan fingerprint density at radius 2 is 1.40 bits per heavy atom. The minimum Gasteiger partial charge on any atom is -0.497 e. The highest BCUT2D eigenvalue weighted by Gasteiger charge is 2.43. The van der Waals surface area contributed by atoms with Crippen molar-refractivity contribution in [1.82, 2.24) is 10.6 Å². The molecular weight excluding hydrogens is 574 g/mol. The first-order chi connectivity index (χ1) is 19.6. The summed E-state index contributed by atoms with van der Waals surface area (Å²) >= 11 is 0. The number of carbonyl (C=O) groups is 1. The van der Waals surface area contributed by atoms with E-state index in [1.165, 1.54) is 50.2 Å². The Bertz CT molecular complexity index is 1420. The van der Waals surface area contributed by atoms with E-state index < -0.39 is 46.1 Å². The van der Waals surface area contributed by atoms with Gasteiger partial charge in [0, 0.05) is 31.5 Å². The smallest absolute Gasteiger partial charge is 0.407 e. The van der Waals surface area contributed by atoms with Gasteiger partial charge in [-0.3, -0.25) is 10.1 Å². The summed E-state index contributed by atoms with van der Waals surface area (Å²) in [7, 11) is -1.85. The Hall–Kier alpha value is -3.64. The minimum atomic E-state index is -4.78. The van der Waals surface area contributed by atoms with Crippen molar-refractivity contribution in [1.29, 1.82) is 0 Å². The van der Waals surface area contributed by atoms with Crippen LogP contribution >= 0.6 is 0 Å². The van der Waals surface area contributed by atoms with Crippen LogP contribution in [0.5, 0.6) is 5.75 Å². The fourth-order valence-electron chi connectivity index (χ4n) is 4.28. The highest BCUT2D eigenvalue weighted by molar-refractivity contribution is 7.90. The second-order valence-corrected chi connectivity index (χ2v) is 12.5. The Labute approximate surface area is 243 Å². The molecule has 0 spiro atoms. The fourth-order valence-corrected chi connectivity index (χ4v) is 4.91. The molecule has 12 heteroatoms. The molecule has 7 nitrogen and oxygen atoms in total. The number of ether oxygens (including phenoxy) is 1. The molecule has 3 rings (SSSR count).